The molecule has 0 unspecified atom stereocenters. The van der Waals surface area contributed by atoms with Crippen molar-refractivity contribution in [2.45, 2.75) is 13.8 Å². The highest BCUT2D eigenvalue weighted by Gasteiger charge is 2.22. The maximum absolute atomic E-state index is 13.7. The summed E-state index contributed by atoms with van der Waals surface area (Å²) in [6, 6.07) is 6.15. The van der Waals surface area contributed by atoms with Gasteiger partial charge in [0.2, 0.25) is 0 Å². The second-order valence-corrected chi connectivity index (χ2v) is 3.80. The van der Waals surface area contributed by atoms with Gasteiger partial charge in [-0.3, -0.25) is 4.79 Å². The highest BCUT2D eigenvalue weighted by Crippen LogP contribution is 2.27. The van der Waals surface area contributed by atoms with Crippen LogP contribution in [0.4, 0.5) is 4.39 Å². The average molecular weight is 248 g/mol. The minimum absolute atomic E-state index is 0.233. The van der Waals surface area contributed by atoms with E-state index < -0.39 is 5.82 Å². The summed E-state index contributed by atoms with van der Waals surface area (Å²) in [6.45, 7) is 3.92. The van der Waals surface area contributed by atoms with Gasteiger partial charge in [-0.15, -0.1) is 0 Å². The Balaban J connectivity index is 2.53. The minimum atomic E-state index is -0.434. The molecule has 0 aliphatic heterocycles. The SMILES string of the molecule is CCNC(=O)c1c(-c2ccccc2F)noc1C. The predicted octanol–water partition coefficient (Wildman–Crippen LogP) is 2.54. The number of aromatic nitrogens is 1. The van der Waals surface area contributed by atoms with Crippen LogP contribution in [0.3, 0.4) is 0 Å². The van der Waals surface area contributed by atoms with Crippen LogP contribution >= 0.6 is 0 Å². The van der Waals surface area contributed by atoms with E-state index in [2.05, 4.69) is 10.5 Å². The van der Waals surface area contributed by atoms with Gasteiger partial charge in [-0.25, -0.2) is 4.39 Å². The van der Waals surface area contributed by atoms with E-state index in [4.69, 9.17) is 4.52 Å². The minimum Gasteiger partial charge on any atom is -0.360 e. The molecule has 2 rings (SSSR count). The second kappa shape index (κ2) is 5.00. The molecule has 0 aliphatic rings. The number of hydrogen-bond acceptors (Lipinski definition) is 3. The van der Waals surface area contributed by atoms with E-state index in [9.17, 15) is 9.18 Å². The van der Waals surface area contributed by atoms with Crippen molar-refractivity contribution in [3.05, 3.63) is 41.4 Å². The van der Waals surface area contributed by atoms with Crippen molar-refractivity contribution in [3.63, 3.8) is 0 Å². The van der Waals surface area contributed by atoms with Gasteiger partial charge in [-0.2, -0.15) is 0 Å². The first kappa shape index (κ1) is 12.3. The number of benzene rings is 1. The van der Waals surface area contributed by atoms with Crippen molar-refractivity contribution in [2.24, 2.45) is 0 Å². The van der Waals surface area contributed by atoms with Crippen molar-refractivity contribution >= 4 is 5.91 Å². The van der Waals surface area contributed by atoms with Crippen LogP contribution < -0.4 is 5.32 Å². The van der Waals surface area contributed by atoms with Crippen molar-refractivity contribution in [3.8, 4) is 11.3 Å². The number of amides is 1. The highest BCUT2D eigenvalue weighted by atomic mass is 19.1. The number of nitrogens with zero attached hydrogens (tertiary/aromatic N) is 1. The molecular formula is C13H13FN2O2. The lowest BCUT2D eigenvalue weighted by atomic mass is 10.1. The molecule has 0 aliphatic carbocycles. The predicted molar refractivity (Wildman–Crippen MR) is 64.6 cm³/mol. The smallest absolute Gasteiger partial charge is 0.257 e. The third-order valence-corrected chi connectivity index (χ3v) is 2.56. The molecule has 0 saturated heterocycles. The lowest BCUT2D eigenvalue weighted by Crippen LogP contribution is -2.23. The molecular weight excluding hydrogens is 235 g/mol. The molecule has 94 valence electrons. The Hall–Kier alpha value is -2.17. The van der Waals surface area contributed by atoms with Gasteiger partial charge in [0.1, 0.15) is 22.8 Å². The van der Waals surface area contributed by atoms with Gasteiger partial charge in [0.15, 0.2) is 0 Å². The molecule has 1 heterocycles. The summed E-state index contributed by atoms with van der Waals surface area (Å²) in [7, 11) is 0. The summed E-state index contributed by atoms with van der Waals surface area (Å²) in [5, 5.41) is 6.43. The molecule has 5 heteroatoms. The summed E-state index contributed by atoms with van der Waals surface area (Å²) in [4.78, 5) is 11.9. The third kappa shape index (κ3) is 2.11. The number of carbonyl (C=O) groups excluding carboxylic acids is 1. The van der Waals surface area contributed by atoms with Crippen LogP contribution in [0.1, 0.15) is 23.0 Å². The van der Waals surface area contributed by atoms with Gasteiger partial charge in [-0.05, 0) is 26.0 Å². The molecule has 0 saturated carbocycles. The Bertz CT molecular complexity index is 578. The van der Waals surface area contributed by atoms with E-state index in [0.29, 0.717) is 12.3 Å². The average Bonchev–Trinajstić information content (AvgIpc) is 2.72. The number of rotatable bonds is 3. The lowest BCUT2D eigenvalue weighted by Gasteiger charge is -2.03. The van der Waals surface area contributed by atoms with E-state index in [0.717, 1.165) is 0 Å². The zero-order chi connectivity index (χ0) is 13.1. The maximum atomic E-state index is 13.7. The van der Waals surface area contributed by atoms with Crippen molar-refractivity contribution in [2.75, 3.05) is 6.54 Å². The first-order valence-electron chi connectivity index (χ1n) is 5.64. The number of aryl methyl sites for hydroxylation is 1. The van der Waals surface area contributed by atoms with Crippen LogP contribution in [0.2, 0.25) is 0 Å². The Kier molecular flexibility index (Phi) is 3.41. The first-order valence-corrected chi connectivity index (χ1v) is 5.64. The zero-order valence-corrected chi connectivity index (χ0v) is 10.2. The van der Waals surface area contributed by atoms with Gasteiger partial charge >= 0.3 is 0 Å². The zero-order valence-electron chi connectivity index (χ0n) is 10.2. The van der Waals surface area contributed by atoms with E-state index >= 15 is 0 Å². The Morgan fingerprint density at radius 1 is 1.44 bits per heavy atom. The fraction of sp³-hybridized carbons (Fsp3) is 0.231. The van der Waals surface area contributed by atoms with Crippen LogP contribution in [-0.2, 0) is 0 Å². The molecule has 0 atom stereocenters. The Labute approximate surface area is 104 Å². The van der Waals surface area contributed by atoms with E-state index in [1.54, 1.807) is 25.1 Å². The molecule has 4 nitrogen and oxygen atoms in total. The molecule has 1 amide bonds. The number of halogens is 1. The van der Waals surface area contributed by atoms with Crippen LogP contribution in [0.25, 0.3) is 11.3 Å². The van der Waals surface area contributed by atoms with E-state index in [1.165, 1.54) is 6.07 Å². The third-order valence-electron chi connectivity index (χ3n) is 2.56. The lowest BCUT2D eigenvalue weighted by molar-refractivity contribution is 0.0955. The van der Waals surface area contributed by atoms with E-state index in [-0.39, 0.29) is 22.7 Å². The number of nitrogens with one attached hydrogen (secondary N) is 1. The summed E-state index contributed by atoms with van der Waals surface area (Å²) in [5.41, 5.74) is 0.772. The molecule has 0 spiro atoms. The highest BCUT2D eigenvalue weighted by molar-refractivity contribution is 6.00. The fourth-order valence-electron chi connectivity index (χ4n) is 1.73. The number of carbonyl (C=O) groups is 1. The van der Waals surface area contributed by atoms with Crippen molar-refractivity contribution in [1.82, 2.24) is 10.5 Å². The molecule has 2 aromatic rings. The molecule has 0 radical (unpaired) electrons. The summed E-state index contributed by atoms with van der Waals surface area (Å²) < 4.78 is 18.7. The quantitative estimate of drug-likeness (QED) is 0.908. The topological polar surface area (TPSA) is 55.1 Å². The van der Waals surface area contributed by atoms with Gasteiger partial charge in [-0.1, -0.05) is 17.3 Å². The molecule has 1 N–H and O–H groups in total. The summed E-state index contributed by atoms with van der Waals surface area (Å²) >= 11 is 0. The molecule has 0 bridgehead atoms. The van der Waals surface area contributed by atoms with Crippen molar-refractivity contribution in [1.29, 1.82) is 0 Å². The second-order valence-electron chi connectivity index (χ2n) is 3.80. The largest absolute Gasteiger partial charge is 0.360 e. The van der Waals surface area contributed by atoms with E-state index in [1.807, 2.05) is 6.92 Å². The molecule has 0 fully saturated rings. The Morgan fingerprint density at radius 2 is 2.17 bits per heavy atom. The van der Waals surface area contributed by atoms with Crippen molar-refractivity contribution < 1.29 is 13.7 Å². The molecule has 18 heavy (non-hydrogen) atoms. The van der Waals surface area contributed by atoms with Crippen LogP contribution in [-0.4, -0.2) is 17.6 Å². The molecule has 1 aromatic carbocycles. The van der Waals surface area contributed by atoms with Crippen LogP contribution in [0.15, 0.2) is 28.8 Å². The Morgan fingerprint density at radius 3 is 2.83 bits per heavy atom. The van der Waals surface area contributed by atoms with Gasteiger partial charge in [0.25, 0.3) is 5.91 Å². The normalized spacial score (nSPS) is 10.4. The number of hydrogen-bond donors (Lipinski definition) is 1. The van der Waals surface area contributed by atoms with Gasteiger partial charge in [0, 0.05) is 12.1 Å². The van der Waals surface area contributed by atoms with Gasteiger partial charge < -0.3 is 9.84 Å². The maximum Gasteiger partial charge on any atom is 0.257 e. The molecule has 1 aromatic heterocycles. The monoisotopic (exact) mass is 248 g/mol. The van der Waals surface area contributed by atoms with Gasteiger partial charge in [0.05, 0.1) is 0 Å². The first-order chi connectivity index (χ1) is 8.65. The standard InChI is InChI=1S/C13H13FN2O2/c1-3-15-13(17)11-8(2)18-16-12(11)9-6-4-5-7-10(9)14/h4-7H,3H2,1-2H3,(H,15,17). The van der Waals surface area contributed by atoms with Crippen LogP contribution in [0, 0.1) is 12.7 Å². The summed E-state index contributed by atoms with van der Waals surface area (Å²) in [6.07, 6.45) is 0. The fourth-order valence-corrected chi connectivity index (χ4v) is 1.73. The summed E-state index contributed by atoms with van der Waals surface area (Å²) in [5.74, 6) is -0.370. The van der Waals surface area contributed by atoms with Crippen LogP contribution in [0.5, 0.6) is 0 Å².